The van der Waals surface area contributed by atoms with E-state index in [9.17, 15) is 14.2 Å². The Morgan fingerprint density at radius 2 is 2.05 bits per heavy atom. The number of rotatable bonds is 10. The molecule has 0 bridgehead atoms. The molecule has 4 atom stereocenters. The lowest BCUT2D eigenvalue weighted by molar-refractivity contribution is -0.162. The number of nitrogens with one attached hydrogen (secondary N) is 2. The second-order valence-electron chi connectivity index (χ2n) is 9.63. The van der Waals surface area contributed by atoms with Crippen molar-refractivity contribution < 1.29 is 28.4 Å². The van der Waals surface area contributed by atoms with Crippen LogP contribution < -0.4 is 16.1 Å². The Morgan fingerprint density at radius 3 is 2.73 bits per heavy atom. The molecule has 0 spiro atoms. The maximum Gasteiger partial charge on any atom is 0.324 e. The molecule has 2 aromatic heterocycles. The highest BCUT2D eigenvalue weighted by atomic mass is 31.2. The van der Waals surface area contributed by atoms with Crippen LogP contribution >= 0.6 is 7.44 Å². The van der Waals surface area contributed by atoms with Crippen LogP contribution in [0.15, 0.2) is 6.33 Å². The molecule has 1 saturated heterocycles. The molecule has 4 unspecified atom stereocenters. The van der Waals surface area contributed by atoms with Crippen molar-refractivity contribution in [3.8, 4) is 0 Å². The molecule has 2 fully saturated rings. The maximum absolute atomic E-state index is 14.1. The summed E-state index contributed by atoms with van der Waals surface area (Å²) in [5.41, 5.74) is 7.08. The molecule has 37 heavy (non-hydrogen) atoms. The van der Waals surface area contributed by atoms with Gasteiger partial charge in [0.05, 0.1) is 19.0 Å². The third-order valence-electron chi connectivity index (χ3n) is 6.01. The Balaban J connectivity index is 1.47. The van der Waals surface area contributed by atoms with Gasteiger partial charge in [0.25, 0.3) is 0 Å². The maximum atomic E-state index is 14.1. The molecule has 0 amide bonds. The molecule has 0 aromatic carbocycles. The lowest BCUT2D eigenvalue weighted by atomic mass is 10.3. The summed E-state index contributed by atoms with van der Waals surface area (Å²) in [6, 6.07) is -1.43. The summed E-state index contributed by atoms with van der Waals surface area (Å²) in [6.45, 7) is 8.64. The standard InChI is InChI=1S/C22H35N8O6P/c1-12(2)35-21(32)14(4)30-15(5)36-20(31)13(3)28-37(30,33)11-34-9-8-29-10-24-17-18(25-16-6-7-16)26-22(23)27-19(17)29/h10,12-16H,6-9,11H2,1-5H3,(H,28,33)(H3,23,25,26,27). The number of cyclic esters (lactones) is 1. The van der Waals surface area contributed by atoms with Crippen molar-refractivity contribution in [3.63, 3.8) is 0 Å². The first-order valence-electron chi connectivity index (χ1n) is 12.4. The Morgan fingerprint density at radius 1 is 1.32 bits per heavy atom. The van der Waals surface area contributed by atoms with Crippen molar-refractivity contribution in [2.45, 2.75) is 84.5 Å². The highest BCUT2D eigenvalue weighted by Crippen LogP contribution is 2.50. The van der Waals surface area contributed by atoms with Crippen LogP contribution in [-0.4, -0.2) is 79.5 Å². The predicted molar refractivity (Wildman–Crippen MR) is 135 cm³/mol. The molecule has 3 heterocycles. The van der Waals surface area contributed by atoms with E-state index in [0.717, 1.165) is 12.8 Å². The summed E-state index contributed by atoms with van der Waals surface area (Å²) in [4.78, 5) is 38.0. The van der Waals surface area contributed by atoms with Gasteiger partial charge in [0.1, 0.15) is 18.4 Å². The fourth-order valence-electron chi connectivity index (χ4n) is 4.14. The van der Waals surface area contributed by atoms with Crippen LogP contribution in [0.1, 0.15) is 47.5 Å². The minimum absolute atomic E-state index is 0.135. The quantitative estimate of drug-likeness (QED) is 0.226. The average Bonchev–Trinajstić information content (AvgIpc) is 3.54. The number of hydrogen-bond donors (Lipinski definition) is 3. The van der Waals surface area contributed by atoms with Crippen molar-refractivity contribution in [2.75, 3.05) is 24.0 Å². The van der Waals surface area contributed by atoms with Gasteiger partial charge in [0.15, 0.2) is 23.2 Å². The van der Waals surface area contributed by atoms with E-state index in [1.807, 2.05) is 0 Å². The molecule has 0 radical (unpaired) electrons. The number of esters is 2. The number of anilines is 2. The number of aromatic nitrogens is 4. The fourth-order valence-corrected chi connectivity index (χ4v) is 6.80. The Kier molecular flexibility index (Phi) is 8.02. The number of ether oxygens (including phenoxy) is 3. The minimum Gasteiger partial charge on any atom is -0.462 e. The molecule has 2 aromatic rings. The summed E-state index contributed by atoms with van der Waals surface area (Å²) >= 11 is 0. The topological polar surface area (TPSA) is 176 Å². The van der Waals surface area contributed by atoms with Crippen LogP contribution in [0.3, 0.4) is 0 Å². The van der Waals surface area contributed by atoms with Gasteiger partial charge in [-0.05, 0) is 47.5 Å². The van der Waals surface area contributed by atoms with E-state index >= 15 is 0 Å². The second kappa shape index (κ2) is 10.9. The normalized spacial score (nSPS) is 25.6. The number of carbonyl (C=O) groups excluding carboxylic acids is 2. The van der Waals surface area contributed by atoms with Crippen LogP contribution in [0.4, 0.5) is 11.8 Å². The summed E-state index contributed by atoms with van der Waals surface area (Å²) in [7, 11) is -3.62. The molecule has 14 nitrogen and oxygen atoms in total. The van der Waals surface area contributed by atoms with Gasteiger partial charge in [-0.25, -0.2) is 10.1 Å². The third-order valence-corrected chi connectivity index (χ3v) is 8.75. The van der Waals surface area contributed by atoms with Crippen molar-refractivity contribution in [1.29, 1.82) is 0 Å². The molecule has 204 valence electrons. The largest absolute Gasteiger partial charge is 0.462 e. The molecule has 15 heteroatoms. The van der Waals surface area contributed by atoms with E-state index in [0.29, 0.717) is 29.6 Å². The van der Waals surface area contributed by atoms with E-state index in [1.165, 1.54) is 4.67 Å². The van der Waals surface area contributed by atoms with Crippen molar-refractivity contribution in [1.82, 2.24) is 29.3 Å². The molecule has 1 aliphatic heterocycles. The molecule has 1 saturated carbocycles. The van der Waals surface area contributed by atoms with Crippen LogP contribution in [0.2, 0.25) is 0 Å². The van der Waals surface area contributed by atoms with Crippen LogP contribution in [0.25, 0.3) is 11.2 Å². The Labute approximate surface area is 215 Å². The summed E-state index contributed by atoms with van der Waals surface area (Å²) in [5, 5.41) is 6.16. The number of nitrogen functional groups attached to an aromatic ring is 1. The number of nitrogens with zero attached hydrogens (tertiary/aromatic N) is 5. The lowest BCUT2D eigenvalue weighted by Crippen LogP contribution is -2.46. The predicted octanol–water partition coefficient (Wildman–Crippen LogP) is 1.67. The monoisotopic (exact) mass is 538 g/mol. The van der Waals surface area contributed by atoms with Gasteiger partial charge in [-0.3, -0.25) is 14.2 Å². The highest BCUT2D eigenvalue weighted by molar-refractivity contribution is 7.59. The Hall–Kier alpha value is -2.80. The van der Waals surface area contributed by atoms with E-state index < -0.39 is 37.7 Å². The van der Waals surface area contributed by atoms with Gasteiger partial charge in [-0.15, -0.1) is 0 Å². The minimum atomic E-state index is -3.62. The number of carbonyl (C=O) groups is 2. The van der Waals surface area contributed by atoms with Gasteiger partial charge < -0.3 is 29.8 Å². The second-order valence-corrected chi connectivity index (χ2v) is 12.0. The third kappa shape index (κ3) is 6.20. The van der Waals surface area contributed by atoms with Crippen molar-refractivity contribution in [2.24, 2.45) is 0 Å². The molecule has 4 N–H and O–H groups in total. The highest BCUT2D eigenvalue weighted by Gasteiger charge is 2.47. The molecular weight excluding hydrogens is 503 g/mol. The van der Waals surface area contributed by atoms with E-state index in [4.69, 9.17) is 19.9 Å². The van der Waals surface area contributed by atoms with Crippen molar-refractivity contribution in [3.05, 3.63) is 6.33 Å². The zero-order valence-electron chi connectivity index (χ0n) is 21.7. The van der Waals surface area contributed by atoms with E-state index in [1.54, 1.807) is 45.5 Å². The van der Waals surface area contributed by atoms with Gasteiger partial charge in [0.2, 0.25) is 13.4 Å². The first-order chi connectivity index (χ1) is 17.5. The smallest absolute Gasteiger partial charge is 0.324 e. The SMILES string of the molecule is CC(C)OC(=O)C(C)N1C(C)OC(=O)C(C)NP1(=O)COCCn1cnc2c(NC3CC3)nc(N)nc21. The van der Waals surface area contributed by atoms with Gasteiger partial charge in [-0.2, -0.15) is 14.6 Å². The zero-order chi connectivity index (χ0) is 26.9. The first kappa shape index (κ1) is 27.2. The molecule has 4 rings (SSSR count). The zero-order valence-corrected chi connectivity index (χ0v) is 22.6. The van der Waals surface area contributed by atoms with Crippen molar-refractivity contribution >= 4 is 42.3 Å². The molecule has 2 aliphatic rings. The number of imidazole rings is 1. The fraction of sp³-hybridized carbons (Fsp3) is 0.682. The number of fused-ring (bicyclic) bond motifs is 1. The van der Waals surface area contributed by atoms with Crippen LogP contribution in [-0.2, 0) is 34.9 Å². The van der Waals surface area contributed by atoms with Crippen LogP contribution in [0, 0.1) is 0 Å². The first-order valence-corrected chi connectivity index (χ1v) is 14.2. The lowest BCUT2D eigenvalue weighted by Gasteiger charge is -2.36. The van der Waals surface area contributed by atoms with Gasteiger partial charge in [-0.1, -0.05) is 0 Å². The summed E-state index contributed by atoms with van der Waals surface area (Å²) in [5.74, 6) is -0.414. The summed E-state index contributed by atoms with van der Waals surface area (Å²) in [6.07, 6.45) is 2.21. The number of nitrogens with two attached hydrogens (primary N) is 1. The van der Waals surface area contributed by atoms with Gasteiger partial charge in [0, 0.05) is 12.6 Å². The average molecular weight is 539 g/mol. The van der Waals surface area contributed by atoms with E-state index in [-0.39, 0.29) is 25.0 Å². The Bertz CT molecular complexity index is 1200. The summed E-state index contributed by atoms with van der Waals surface area (Å²) < 4.78 is 33.8. The molecular formula is C22H35N8O6P. The molecule has 1 aliphatic carbocycles. The van der Waals surface area contributed by atoms with E-state index in [2.05, 4.69) is 25.4 Å². The van der Waals surface area contributed by atoms with Crippen LogP contribution in [0.5, 0.6) is 0 Å². The number of hydrogen-bond acceptors (Lipinski definition) is 11. The van der Waals surface area contributed by atoms with Gasteiger partial charge >= 0.3 is 11.9 Å².